The molecular formula is C17H23NO2. The number of carbonyl (C=O) groups excluding carboxylic acids is 1. The molecule has 2 atom stereocenters. The zero-order chi connectivity index (χ0) is 14.1. The highest BCUT2D eigenvalue weighted by Gasteiger charge is 2.31. The van der Waals surface area contributed by atoms with E-state index in [2.05, 4.69) is 24.0 Å². The van der Waals surface area contributed by atoms with Crippen molar-refractivity contribution in [3.63, 3.8) is 0 Å². The number of rotatable bonds is 4. The molecule has 0 saturated carbocycles. The van der Waals surface area contributed by atoms with Crippen molar-refractivity contribution < 1.29 is 9.90 Å². The van der Waals surface area contributed by atoms with E-state index in [0.29, 0.717) is 12.5 Å². The highest BCUT2D eigenvalue weighted by atomic mass is 16.3. The molecule has 1 fully saturated rings. The second-order valence-electron chi connectivity index (χ2n) is 6.25. The van der Waals surface area contributed by atoms with E-state index in [1.165, 1.54) is 17.5 Å². The van der Waals surface area contributed by atoms with Crippen molar-refractivity contribution in [1.29, 1.82) is 0 Å². The Kier molecular flexibility index (Phi) is 3.90. The van der Waals surface area contributed by atoms with Crippen molar-refractivity contribution >= 4 is 5.78 Å². The quantitative estimate of drug-likeness (QED) is 0.854. The summed E-state index contributed by atoms with van der Waals surface area (Å²) in [5.41, 5.74) is 3.59. The molecule has 108 valence electrons. The first kappa shape index (κ1) is 13.8. The summed E-state index contributed by atoms with van der Waals surface area (Å²) < 4.78 is 0. The Morgan fingerprint density at radius 3 is 2.95 bits per heavy atom. The van der Waals surface area contributed by atoms with Gasteiger partial charge in [0.15, 0.2) is 5.78 Å². The molecular weight excluding hydrogens is 250 g/mol. The number of hydrogen-bond acceptors (Lipinski definition) is 3. The molecule has 1 saturated heterocycles. The fourth-order valence-electron chi connectivity index (χ4n) is 3.60. The van der Waals surface area contributed by atoms with E-state index in [4.69, 9.17) is 0 Å². The van der Waals surface area contributed by atoms with Crippen molar-refractivity contribution in [2.75, 3.05) is 19.7 Å². The minimum absolute atomic E-state index is 0.147. The van der Waals surface area contributed by atoms with Gasteiger partial charge in [-0.2, -0.15) is 0 Å². The van der Waals surface area contributed by atoms with Crippen molar-refractivity contribution in [1.82, 2.24) is 4.90 Å². The summed E-state index contributed by atoms with van der Waals surface area (Å²) in [5.74, 6) is 0.667. The average Bonchev–Trinajstić information content (AvgIpc) is 3.04. The van der Waals surface area contributed by atoms with Gasteiger partial charge in [0, 0.05) is 11.6 Å². The lowest BCUT2D eigenvalue weighted by Crippen LogP contribution is -2.38. The molecule has 1 aromatic carbocycles. The van der Waals surface area contributed by atoms with Gasteiger partial charge in [0.1, 0.15) is 0 Å². The van der Waals surface area contributed by atoms with Crippen LogP contribution in [0.1, 0.15) is 41.3 Å². The van der Waals surface area contributed by atoms with E-state index < -0.39 is 0 Å². The number of aryl methyl sites for hydroxylation is 2. The van der Waals surface area contributed by atoms with Crippen LogP contribution >= 0.6 is 0 Å². The first-order valence-electron chi connectivity index (χ1n) is 7.69. The third-order valence-electron chi connectivity index (χ3n) is 4.95. The summed E-state index contributed by atoms with van der Waals surface area (Å²) in [6, 6.07) is 6.32. The first-order chi connectivity index (χ1) is 9.69. The Morgan fingerprint density at radius 1 is 1.35 bits per heavy atom. The number of aliphatic hydroxyl groups excluding tert-OH is 1. The van der Waals surface area contributed by atoms with Crippen LogP contribution in [0.4, 0.5) is 0 Å². The molecule has 1 aliphatic carbocycles. The predicted octanol–water partition coefficient (Wildman–Crippen LogP) is 2.06. The summed E-state index contributed by atoms with van der Waals surface area (Å²) in [5, 5.41) is 9.46. The normalized spacial score (nSPS) is 25.9. The van der Waals surface area contributed by atoms with Gasteiger partial charge >= 0.3 is 0 Å². The number of Topliss-reactive ketones (excluding diaryl/α,β-unsaturated/α-hetero) is 1. The van der Waals surface area contributed by atoms with Gasteiger partial charge in [0.05, 0.1) is 13.2 Å². The van der Waals surface area contributed by atoms with E-state index >= 15 is 0 Å². The molecule has 2 aliphatic rings. The minimum atomic E-state index is 0.147. The number of aliphatic hydroxyl groups is 1. The van der Waals surface area contributed by atoms with E-state index in [-0.39, 0.29) is 18.4 Å². The second-order valence-corrected chi connectivity index (χ2v) is 6.25. The van der Waals surface area contributed by atoms with Gasteiger partial charge in [0.25, 0.3) is 0 Å². The minimum Gasteiger partial charge on any atom is -0.395 e. The van der Waals surface area contributed by atoms with Crippen LogP contribution < -0.4 is 0 Å². The van der Waals surface area contributed by atoms with E-state index in [9.17, 15) is 9.90 Å². The summed E-state index contributed by atoms with van der Waals surface area (Å²) >= 11 is 0. The third kappa shape index (κ3) is 2.52. The second kappa shape index (κ2) is 5.66. The number of benzene rings is 1. The number of hydrogen-bond donors (Lipinski definition) is 1. The number of ketones is 1. The monoisotopic (exact) mass is 273 g/mol. The number of fused-ring (bicyclic) bond motifs is 1. The molecule has 0 bridgehead atoms. The zero-order valence-corrected chi connectivity index (χ0v) is 12.1. The van der Waals surface area contributed by atoms with E-state index in [0.717, 1.165) is 31.4 Å². The molecule has 2 unspecified atom stereocenters. The van der Waals surface area contributed by atoms with Crippen LogP contribution in [0, 0.1) is 5.92 Å². The van der Waals surface area contributed by atoms with E-state index in [1.807, 2.05) is 6.07 Å². The fourth-order valence-corrected chi connectivity index (χ4v) is 3.60. The Labute approximate surface area is 120 Å². The molecule has 3 nitrogen and oxygen atoms in total. The lowest BCUT2D eigenvalue weighted by Gasteiger charge is -2.24. The molecule has 3 heteroatoms. The third-order valence-corrected chi connectivity index (χ3v) is 4.95. The lowest BCUT2D eigenvalue weighted by molar-refractivity contribution is 0.0866. The van der Waals surface area contributed by atoms with E-state index in [1.54, 1.807) is 0 Å². The molecule has 1 aromatic rings. The Balaban J connectivity index is 1.70. The number of nitrogens with zero attached hydrogens (tertiary/aromatic N) is 1. The number of carbonyl (C=O) groups is 1. The molecule has 0 radical (unpaired) electrons. The first-order valence-corrected chi connectivity index (χ1v) is 7.69. The van der Waals surface area contributed by atoms with Crippen LogP contribution in [0.2, 0.25) is 0 Å². The van der Waals surface area contributed by atoms with Crippen molar-refractivity contribution in [2.24, 2.45) is 5.92 Å². The van der Waals surface area contributed by atoms with Gasteiger partial charge in [-0.25, -0.2) is 0 Å². The fraction of sp³-hybridized carbons (Fsp3) is 0.588. The summed E-state index contributed by atoms with van der Waals surface area (Å²) in [6.45, 7) is 3.66. The van der Waals surface area contributed by atoms with Gasteiger partial charge in [-0.1, -0.05) is 19.1 Å². The van der Waals surface area contributed by atoms with Gasteiger partial charge in [0.2, 0.25) is 0 Å². The maximum absolute atomic E-state index is 12.4. The lowest BCUT2D eigenvalue weighted by atomic mass is 10.0. The summed E-state index contributed by atoms with van der Waals surface area (Å²) in [7, 11) is 0. The summed E-state index contributed by atoms with van der Waals surface area (Å²) in [6.07, 6.45) is 4.54. The maximum Gasteiger partial charge on any atom is 0.176 e. The molecule has 0 aromatic heterocycles. The maximum atomic E-state index is 12.4. The van der Waals surface area contributed by atoms with Gasteiger partial charge in [-0.3, -0.25) is 9.69 Å². The van der Waals surface area contributed by atoms with Crippen LogP contribution in [0.3, 0.4) is 0 Å². The molecule has 3 rings (SSSR count). The predicted molar refractivity (Wildman–Crippen MR) is 79.0 cm³/mol. The Morgan fingerprint density at radius 2 is 2.15 bits per heavy atom. The van der Waals surface area contributed by atoms with Crippen LogP contribution in [0.25, 0.3) is 0 Å². The van der Waals surface area contributed by atoms with Crippen molar-refractivity contribution in [2.45, 2.75) is 38.6 Å². The topological polar surface area (TPSA) is 40.5 Å². The van der Waals surface area contributed by atoms with Gasteiger partial charge in [-0.05, 0) is 55.3 Å². The largest absolute Gasteiger partial charge is 0.395 e. The van der Waals surface area contributed by atoms with Crippen molar-refractivity contribution in [3.05, 3.63) is 34.9 Å². The molecule has 0 amide bonds. The van der Waals surface area contributed by atoms with Crippen molar-refractivity contribution in [3.8, 4) is 0 Å². The summed E-state index contributed by atoms with van der Waals surface area (Å²) in [4.78, 5) is 14.6. The SMILES string of the molecule is CC1CCN(CC(=O)c2ccc3c(c2)CCC3)C1CO. The van der Waals surface area contributed by atoms with Crippen LogP contribution in [-0.4, -0.2) is 41.5 Å². The van der Waals surface area contributed by atoms with Gasteiger partial charge < -0.3 is 5.11 Å². The number of likely N-dealkylation sites (tertiary alicyclic amines) is 1. The Hall–Kier alpha value is -1.19. The molecule has 0 spiro atoms. The highest BCUT2D eigenvalue weighted by Crippen LogP contribution is 2.25. The standard InChI is InChI=1S/C17H23NO2/c1-12-7-8-18(16(12)11-19)10-17(20)15-6-5-13-3-2-4-14(13)9-15/h5-6,9,12,16,19H,2-4,7-8,10-11H2,1H3. The van der Waals surface area contributed by atoms with Crippen LogP contribution in [0.5, 0.6) is 0 Å². The van der Waals surface area contributed by atoms with Crippen LogP contribution in [-0.2, 0) is 12.8 Å². The average molecular weight is 273 g/mol. The highest BCUT2D eigenvalue weighted by molar-refractivity contribution is 5.98. The molecule has 20 heavy (non-hydrogen) atoms. The smallest absolute Gasteiger partial charge is 0.176 e. The Bertz CT molecular complexity index is 512. The molecule has 1 N–H and O–H groups in total. The zero-order valence-electron chi connectivity index (χ0n) is 12.1. The molecule has 1 aliphatic heterocycles. The molecule has 1 heterocycles. The van der Waals surface area contributed by atoms with Gasteiger partial charge in [-0.15, -0.1) is 0 Å². The van der Waals surface area contributed by atoms with Crippen LogP contribution in [0.15, 0.2) is 18.2 Å².